The highest BCUT2D eigenvalue weighted by molar-refractivity contribution is 5.81. The lowest BCUT2D eigenvalue weighted by Crippen LogP contribution is -2.51. The normalized spacial score (nSPS) is 14.6. The molecule has 0 spiro atoms. The molecule has 1 atom stereocenters. The summed E-state index contributed by atoms with van der Waals surface area (Å²) in [6.07, 6.45) is 3.11. The summed E-state index contributed by atoms with van der Waals surface area (Å²) in [5.74, 6) is -0.949. The van der Waals surface area contributed by atoms with E-state index >= 15 is 0 Å². The van der Waals surface area contributed by atoms with Crippen molar-refractivity contribution in [1.29, 1.82) is 0 Å². The number of nitrogens with one attached hydrogen (secondary N) is 1. The molecule has 0 aromatic heterocycles. The Hall–Kier alpha value is -1.06. The van der Waals surface area contributed by atoms with Crippen LogP contribution in [0.2, 0.25) is 0 Å². The van der Waals surface area contributed by atoms with E-state index in [2.05, 4.69) is 5.32 Å². The van der Waals surface area contributed by atoms with E-state index in [-0.39, 0.29) is 0 Å². The summed E-state index contributed by atoms with van der Waals surface area (Å²) < 4.78 is 0. The standard InChI is InChI=1S/C9H17NO3/c1-3-5-6-9(4-2,8(12)13)10-7-11/h7H,3-6H2,1-2H3,(H,10,11)(H,12,13). The number of rotatable bonds is 7. The summed E-state index contributed by atoms with van der Waals surface area (Å²) in [5.41, 5.74) is -1.06. The van der Waals surface area contributed by atoms with Gasteiger partial charge in [-0.1, -0.05) is 26.7 Å². The first kappa shape index (κ1) is 11.9. The van der Waals surface area contributed by atoms with E-state index in [1.165, 1.54) is 0 Å². The fourth-order valence-corrected chi connectivity index (χ4v) is 1.26. The van der Waals surface area contributed by atoms with Gasteiger partial charge in [0.1, 0.15) is 5.54 Å². The van der Waals surface area contributed by atoms with Gasteiger partial charge in [0.2, 0.25) is 6.41 Å². The lowest BCUT2D eigenvalue weighted by Gasteiger charge is -2.27. The molecule has 0 aliphatic rings. The number of carboxylic acid groups (broad SMARTS) is 1. The number of carbonyl (C=O) groups is 2. The molecular formula is C9H17NO3. The molecule has 0 bridgehead atoms. The Morgan fingerprint density at radius 2 is 2.15 bits per heavy atom. The number of hydrogen-bond donors (Lipinski definition) is 2. The van der Waals surface area contributed by atoms with E-state index in [4.69, 9.17) is 5.11 Å². The monoisotopic (exact) mass is 187 g/mol. The molecule has 0 heterocycles. The number of amides is 1. The van der Waals surface area contributed by atoms with Crippen LogP contribution in [0.25, 0.3) is 0 Å². The summed E-state index contributed by atoms with van der Waals surface area (Å²) in [6.45, 7) is 3.75. The zero-order valence-electron chi connectivity index (χ0n) is 8.17. The zero-order valence-corrected chi connectivity index (χ0v) is 8.17. The van der Waals surface area contributed by atoms with Gasteiger partial charge in [-0.2, -0.15) is 0 Å². The van der Waals surface area contributed by atoms with Gasteiger partial charge in [-0.15, -0.1) is 0 Å². The van der Waals surface area contributed by atoms with Gasteiger partial charge in [-0.25, -0.2) is 4.79 Å². The Kier molecular flexibility index (Phi) is 5.11. The Balaban J connectivity index is 4.43. The molecule has 4 heteroatoms. The summed E-state index contributed by atoms with van der Waals surface area (Å²) in [4.78, 5) is 21.2. The van der Waals surface area contributed by atoms with Crippen molar-refractivity contribution in [2.45, 2.75) is 45.1 Å². The highest BCUT2D eigenvalue weighted by atomic mass is 16.4. The van der Waals surface area contributed by atoms with Crippen LogP contribution in [-0.2, 0) is 9.59 Å². The average Bonchev–Trinajstić information content (AvgIpc) is 2.12. The number of carbonyl (C=O) groups excluding carboxylic acids is 1. The lowest BCUT2D eigenvalue weighted by atomic mass is 9.90. The number of carboxylic acids is 1. The van der Waals surface area contributed by atoms with Crippen LogP contribution in [0.3, 0.4) is 0 Å². The third kappa shape index (κ3) is 3.05. The van der Waals surface area contributed by atoms with Crippen molar-refractivity contribution in [3.05, 3.63) is 0 Å². The minimum atomic E-state index is -1.06. The molecule has 0 saturated carbocycles. The van der Waals surface area contributed by atoms with Crippen molar-refractivity contribution in [1.82, 2.24) is 5.32 Å². The van der Waals surface area contributed by atoms with Crippen molar-refractivity contribution in [2.24, 2.45) is 0 Å². The molecule has 0 aromatic carbocycles. The van der Waals surface area contributed by atoms with Crippen LogP contribution >= 0.6 is 0 Å². The predicted molar refractivity (Wildman–Crippen MR) is 49.4 cm³/mol. The predicted octanol–water partition coefficient (Wildman–Crippen LogP) is 1.16. The number of aliphatic carboxylic acids is 1. The molecule has 76 valence electrons. The van der Waals surface area contributed by atoms with Gasteiger partial charge in [0.25, 0.3) is 0 Å². The average molecular weight is 187 g/mol. The van der Waals surface area contributed by atoms with E-state index in [9.17, 15) is 9.59 Å². The van der Waals surface area contributed by atoms with Crippen molar-refractivity contribution in [3.63, 3.8) is 0 Å². The van der Waals surface area contributed by atoms with Gasteiger partial charge in [0, 0.05) is 0 Å². The lowest BCUT2D eigenvalue weighted by molar-refractivity contribution is -0.146. The third-order valence-corrected chi connectivity index (χ3v) is 2.31. The maximum atomic E-state index is 10.9. The summed E-state index contributed by atoms with van der Waals surface area (Å²) in [5, 5.41) is 11.4. The molecule has 0 saturated heterocycles. The highest BCUT2D eigenvalue weighted by Crippen LogP contribution is 2.18. The van der Waals surface area contributed by atoms with Crippen molar-refractivity contribution < 1.29 is 14.7 Å². The van der Waals surface area contributed by atoms with Crippen LogP contribution in [0.5, 0.6) is 0 Å². The van der Waals surface area contributed by atoms with Crippen LogP contribution < -0.4 is 5.32 Å². The van der Waals surface area contributed by atoms with Gasteiger partial charge in [-0.05, 0) is 12.8 Å². The minimum absolute atomic E-state index is 0.418. The van der Waals surface area contributed by atoms with Gasteiger partial charge >= 0.3 is 5.97 Å². The first-order valence-corrected chi connectivity index (χ1v) is 4.57. The topological polar surface area (TPSA) is 66.4 Å². The van der Waals surface area contributed by atoms with E-state index < -0.39 is 11.5 Å². The minimum Gasteiger partial charge on any atom is -0.480 e. The molecule has 2 N–H and O–H groups in total. The maximum absolute atomic E-state index is 10.9. The quantitative estimate of drug-likeness (QED) is 0.588. The molecule has 0 fully saturated rings. The summed E-state index contributed by atoms with van der Waals surface area (Å²) >= 11 is 0. The van der Waals surface area contributed by atoms with Gasteiger partial charge in [0.15, 0.2) is 0 Å². The third-order valence-electron chi connectivity index (χ3n) is 2.31. The Morgan fingerprint density at radius 1 is 1.54 bits per heavy atom. The fraction of sp³-hybridized carbons (Fsp3) is 0.778. The first-order valence-electron chi connectivity index (χ1n) is 4.57. The molecule has 4 nitrogen and oxygen atoms in total. The smallest absolute Gasteiger partial charge is 0.329 e. The Labute approximate surface area is 78.3 Å². The largest absolute Gasteiger partial charge is 0.480 e. The molecule has 13 heavy (non-hydrogen) atoms. The van der Waals surface area contributed by atoms with E-state index in [1.807, 2.05) is 6.92 Å². The Bertz CT molecular complexity index is 182. The molecular weight excluding hydrogens is 170 g/mol. The second-order valence-corrected chi connectivity index (χ2v) is 3.11. The van der Waals surface area contributed by atoms with Gasteiger partial charge in [0.05, 0.1) is 0 Å². The van der Waals surface area contributed by atoms with Gasteiger partial charge in [-0.3, -0.25) is 4.79 Å². The number of unbranched alkanes of at least 4 members (excludes halogenated alkanes) is 1. The molecule has 0 rings (SSSR count). The van der Waals surface area contributed by atoms with Crippen molar-refractivity contribution >= 4 is 12.4 Å². The van der Waals surface area contributed by atoms with Crippen molar-refractivity contribution in [2.75, 3.05) is 0 Å². The van der Waals surface area contributed by atoms with E-state index in [0.29, 0.717) is 19.3 Å². The van der Waals surface area contributed by atoms with E-state index in [0.717, 1.165) is 12.8 Å². The fourth-order valence-electron chi connectivity index (χ4n) is 1.26. The summed E-state index contributed by atoms with van der Waals surface area (Å²) in [7, 11) is 0. The second kappa shape index (κ2) is 5.56. The first-order chi connectivity index (χ1) is 6.13. The maximum Gasteiger partial charge on any atom is 0.329 e. The molecule has 0 aliphatic carbocycles. The second-order valence-electron chi connectivity index (χ2n) is 3.11. The molecule has 1 amide bonds. The van der Waals surface area contributed by atoms with Crippen LogP contribution in [0, 0.1) is 0 Å². The van der Waals surface area contributed by atoms with E-state index in [1.54, 1.807) is 6.92 Å². The highest BCUT2D eigenvalue weighted by Gasteiger charge is 2.35. The Morgan fingerprint density at radius 3 is 2.46 bits per heavy atom. The SMILES string of the molecule is CCCCC(CC)(NC=O)C(=O)O. The van der Waals surface area contributed by atoms with Crippen molar-refractivity contribution in [3.8, 4) is 0 Å². The molecule has 0 aromatic rings. The van der Waals surface area contributed by atoms with Crippen LogP contribution in [0.1, 0.15) is 39.5 Å². The summed E-state index contributed by atoms with van der Waals surface area (Å²) in [6, 6.07) is 0. The van der Waals surface area contributed by atoms with Crippen LogP contribution in [0.4, 0.5) is 0 Å². The van der Waals surface area contributed by atoms with Crippen LogP contribution in [-0.4, -0.2) is 23.0 Å². The molecule has 1 unspecified atom stereocenters. The zero-order chi connectivity index (χ0) is 10.3. The molecule has 0 radical (unpaired) electrons. The van der Waals surface area contributed by atoms with Gasteiger partial charge < -0.3 is 10.4 Å². The molecule has 0 aliphatic heterocycles. The number of hydrogen-bond acceptors (Lipinski definition) is 2. The van der Waals surface area contributed by atoms with Crippen LogP contribution in [0.15, 0.2) is 0 Å².